The lowest BCUT2D eigenvalue weighted by Crippen LogP contribution is -2.28. The van der Waals surface area contributed by atoms with Gasteiger partial charge in [0.25, 0.3) is 0 Å². The maximum atomic E-state index is 3.75. The molecule has 1 N–H and O–H groups in total. The number of rotatable bonds is 6. The summed E-state index contributed by atoms with van der Waals surface area (Å²) >= 11 is 0. The van der Waals surface area contributed by atoms with Crippen molar-refractivity contribution in [2.75, 3.05) is 6.54 Å². The minimum absolute atomic E-state index is 0.669. The fraction of sp³-hybridized carbons (Fsp3) is 0.647. The fourth-order valence-corrected chi connectivity index (χ4v) is 3.08. The van der Waals surface area contributed by atoms with Crippen LogP contribution in [-0.2, 0) is 0 Å². The molecular weight excluding hydrogens is 218 g/mol. The standard InChI is InChI=1S/C17H27N/c1-3-15-9-10-17(13-15)18-12-11-14(2)16-7-5-4-6-8-16/h4-8,14-15,17-18H,3,9-13H2,1-2H3. The molecule has 1 aliphatic rings. The van der Waals surface area contributed by atoms with E-state index in [1.165, 1.54) is 37.7 Å². The molecule has 2 rings (SSSR count). The van der Waals surface area contributed by atoms with Gasteiger partial charge >= 0.3 is 0 Å². The Hall–Kier alpha value is -0.820. The number of hydrogen-bond acceptors (Lipinski definition) is 1. The zero-order chi connectivity index (χ0) is 12.8. The third-order valence-electron chi connectivity index (χ3n) is 4.50. The van der Waals surface area contributed by atoms with Crippen LogP contribution in [0.5, 0.6) is 0 Å². The van der Waals surface area contributed by atoms with E-state index in [1.54, 1.807) is 0 Å². The number of nitrogens with one attached hydrogen (secondary N) is 1. The molecule has 18 heavy (non-hydrogen) atoms. The third kappa shape index (κ3) is 3.84. The molecular formula is C17H27N. The van der Waals surface area contributed by atoms with Crippen LogP contribution in [0.2, 0.25) is 0 Å². The van der Waals surface area contributed by atoms with Gasteiger partial charge in [0.2, 0.25) is 0 Å². The van der Waals surface area contributed by atoms with Gasteiger partial charge in [-0.25, -0.2) is 0 Å². The van der Waals surface area contributed by atoms with E-state index in [4.69, 9.17) is 0 Å². The maximum absolute atomic E-state index is 3.75. The van der Waals surface area contributed by atoms with Crippen molar-refractivity contribution in [1.82, 2.24) is 5.32 Å². The molecule has 1 aliphatic carbocycles. The first-order valence-corrected chi connectivity index (χ1v) is 7.58. The minimum Gasteiger partial charge on any atom is -0.314 e. The molecule has 0 saturated heterocycles. The summed E-state index contributed by atoms with van der Waals surface area (Å²) in [5.74, 6) is 1.65. The summed E-state index contributed by atoms with van der Waals surface area (Å²) < 4.78 is 0. The second-order valence-corrected chi connectivity index (χ2v) is 5.84. The zero-order valence-electron chi connectivity index (χ0n) is 11.9. The molecule has 100 valence electrons. The quantitative estimate of drug-likeness (QED) is 0.785. The van der Waals surface area contributed by atoms with Crippen molar-refractivity contribution >= 4 is 0 Å². The molecule has 1 fully saturated rings. The van der Waals surface area contributed by atoms with Crippen molar-refractivity contribution < 1.29 is 0 Å². The predicted octanol–water partition coefficient (Wildman–Crippen LogP) is 4.35. The molecule has 3 unspecified atom stereocenters. The van der Waals surface area contributed by atoms with E-state index in [0.717, 1.165) is 18.5 Å². The second kappa shape index (κ2) is 6.94. The van der Waals surface area contributed by atoms with Gasteiger partial charge in [-0.1, -0.05) is 50.6 Å². The summed E-state index contributed by atoms with van der Waals surface area (Å²) in [7, 11) is 0. The summed E-state index contributed by atoms with van der Waals surface area (Å²) in [5.41, 5.74) is 1.47. The fourth-order valence-electron chi connectivity index (χ4n) is 3.08. The highest BCUT2D eigenvalue weighted by molar-refractivity contribution is 5.18. The first kappa shape index (κ1) is 13.6. The molecule has 1 nitrogen and oxygen atoms in total. The van der Waals surface area contributed by atoms with Gasteiger partial charge in [-0.2, -0.15) is 0 Å². The van der Waals surface area contributed by atoms with Crippen LogP contribution < -0.4 is 5.32 Å². The van der Waals surface area contributed by atoms with Gasteiger partial charge in [0.05, 0.1) is 0 Å². The van der Waals surface area contributed by atoms with E-state index in [-0.39, 0.29) is 0 Å². The van der Waals surface area contributed by atoms with Gasteiger partial charge in [0.1, 0.15) is 0 Å². The van der Waals surface area contributed by atoms with E-state index in [0.29, 0.717) is 5.92 Å². The lowest BCUT2D eigenvalue weighted by Gasteiger charge is -2.16. The summed E-state index contributed by atoms with van der Waals surface area (Å²) in [6.07, 6.45) is 6.83. The van der Waals surface area contributed by atoms with Crippen molar-refractivity contribution in [2.45, 2.75) is 57.9 Å². The highest BCUT2D eigenvalue weighted by atomic mass is 14.9. The monoisotopic (exact) mass is 245 g/mol. The Morgan fingerprint density at radius 2 is 2.00 bits per heavy atom. The Balaban J connectivity index is 1.67. The molecule has 0 amide bonds. The SMILES string of the molecule is CCC1CCC(NCCC(C)c2ccccc2)C1. The molecule has 0 heterocycles. The van der Waals surface area contributed by atoms with Crippen molar-refractivity contribution in [3.8, 4) is 0 Å². The van der Waals surface area contributed by atoms with E-state index in [2.05, 4.69) is 49.5 Å². The Bertz CT molecular complexity index is 333. The molecule has 3 atom stereocenters. The van der Waals surface area contributed by atoms with Crippen LogP contribution >= 0.6 is 0 Å². The zero-order valence-corrected chi connectivity index (χ0v) is 11.9. The molecule has 0 radical (unpaired) electrons. The number of hydrogen-bond donors (Lipinski definition) is 1. The molecule has 0 spiro atoms. The normalized spacial score (nSPS) is 25.2. The van der Waals surface area contributed by atoms with Crippen molar-refractivity contribution in [2.24, 2.45) is 5.92 Å². The smallest absolute Gasteiger partial charge is 0.00698 e. The summed E-state index contributed by atoms with van der Waals surface area (Å²) in [5, 5.41) is 3.75. The predicted molar refractivity (Wildman–Crippen MR) is 78.9 cm³/mol. The lowest BCUT2D eigenvalue weighted by molar-refractivity contribution is 0.465. The van der Waals surface area contributed by atoms with Gasteiger partial charge in [0, 0.05) is 6.04 Å². The largest absolute Gasteiger partial charge is 0.314 e. The van der Waals surface area contributed by atoms with Crippen LogP contribution in [0, 0.1) is 5.92 Å². The Morgan fingerprint density at radius 1 is 1.22 bits per heavy atom. The van der Waals surface area contributed by atoms with Crippen LogP contribution in [-0.4, -0.2) is 12.6 Å². The first-order chi connectivity index (χ1) is 8.79. The molecule has 1 aromatic rings. The molecule has 1 heteroatoms. The van der Waals surface area contributed by atoms with Gasteiger partial charge < -0.3 is 5.32 Å². The van der Waals surface area contributed by atoms with Crippen molar-refractivity contribution in [3.63, 3.8) is 0 Å². The summed E-state index contributed by atoms with van der Waals surface area (Å²) in [4.78, 5) is 0. The highest BCUT2D eigenvalue weighted by Crippen LogP contribution is 2.28. The first-order valence-electron chi connectivity index (χ1n) is 7.58. The van der Waals surface area contributed by atoms with Gasteiger partial charge in [-0.05, 0) is 49.6 Å². The summed E-state index contributed by atoms with van der Waals surface area (Å²) in [6.45, 7) is 5.82. The minimum atomic E-state index is 0.669. The van der Waals surface area contributed by atoms with Gasteiger partial charge in [-0.15, -0.1) is 0 Å². The Morgan fingerprint density at radius 3 is 2.67 bits per heavy atom. The van der Waals surface area contributed by atoms with E-state index >= 15 is 0 Å². The second-order valence-electron chi connectivity index (χ2n) is 5.84. The van der Waals surface area contributed by atoms with E-state index in [1.807, 2.05) is 0 Å². The van der Waals surface area contributed by atoms with Crippen molar-refractivity contribution in [3.05, 3.63) is 35.9 Å². The Kier molecular flexibility index (Phi) is 5.25. The number of benzene rings is 1. The Labute approximate surface area is 112 Å². The van der Waals surface area contributed by atoms with Crippen LogP contribution in [0.3, 0.4) is 0 Å². The summed E-state index contributed by atoms with van der Waals surface area (Å²) in [6, 6.07) is 11.7. The third-order valence-corrected chi connectivity index (χ3v) is 4.50. The molecule has 1 saturated carbocycles. The van der Waals surface area contributed by atoms with E-state index < -0.39 is 0 Å². The van der Waals surface area contributed by atoms with Crippen LogP contribution in [0.4, 0.5) is 0 Å². The lowest BCUT2D eigenvalue weighted by atomic mass is 9.98. The van der Waals surface area contributed by atoms with E-state index in [9.17, 15) is 0 Å². The van der Waals surface area contributed by atoms with Crippen LogP contribution in [0.15, 0.2) is 30.3 Å². The molecule has 1 aromatic carbocycles. The van der Waals surface area contributed by atoms with Crippen LogP contribution in [0.1, 0.15) is 57.4 Å². The van der Waals surface area contributed by atoms with Crippen molar-refractivity contribution in [1.29, 1.82) is 0 Å². The average molecular weight is 245 g/mol. The molecule has 0 aliphatic heterocycles. The van der Waals surface area contributed by atoms with Gasteiger partial charge in [0.15, 0.2) is 0 Å². The highest BCUT2D eigenvalue weighted by Gasteiger charge is 2.22. The van der Waals surface area contributed by atoms with Crippen LogP contribution in [0.25, 0.3) is 0 Å². The topological polar surface area (TPSA) is 12.0 Å². The molecule has 0 bridgehead atoms. The average Bonchev–Trinajstić information content (AvgIpc) is 2.87. The maximum Gasteiger partial charge on any atom is 0.00698 e. The van der Waals surface area contributed by atoms with Gasteiger partial charge in [-0.3, -0.25) is 0 Å². The molecule has 0 aromatic heterocycles.